The van der Waals surface area contributed by atoms with Crippen LogP contribution in [0.25, 0.3) is 16.7 Å². The normalized spacial score (nSPS) is 11.3. The van der Waals surface area contributed by atoms with Crippen LogP contribution in [0, 0.1) is 6.92 Å². The van der Waals surface area contributed by atoms with Crippen LogP contribution in [0.15, 0.2) is 24.3 Å². The number of aromatic nitrogens is 4. The van der Waals surface area contributed by atoms with Gasteiger partial charge in [-0.15, -0.1) is 10.2 Å². The molecule has 74 valence electrons. The van der Waals surface area contributed by atoms with Gasteiger partial charge < -0.3 is 0 Å². The number of hydrogen-bond donors (Lipinski definition) is 0. The van der Waals surface area contributed by atoms with E-state index in [1.54, 1.807) is 0 Å². The highest BCUT2D eigenvalue weighted by atomic mass is 35.5. The lowest BCUT2D eigenvalue weighted by molar-refractivity contribution is 1.02. The monoisotopic (exact) mass is 218 g/mol. The first-order valence-corrected chi connectivity index (χ1v) is 4.91. The second kappa shape index (κ2) is 2.90. The minimum absolute atomic E-state index is 0.384. The van der Waals surface area contributed by atoms with E-state index < -0.39 is 0 Å². The van der Waals surface area contributed by atoms with E-state index in [0.29, 0.717) is 10.8 Å². The highest BCUT2D eigenvalue weighted by Crippen LogP contribution is 2.20. The predicted molar refractivity (Wildman–Crippen MR) is 58.0 cm³/mol. The molecule has 15 heavy (non-hydrogen) atoms. The molecule has 0 radical (unpaired) electrons. The molecule has 0 unspecified atom stereocenters. The van der Waals surface area contributed by atoms with Crippen molar-refractivity contribution >= 4 is 28.3 Å². The molecule has 3 aromatic rings. The highest BCUT2D eigenvalue weighted by molar-refractivity contribution is 6.32. The Morgan fingerprint density at radius 2 is 2.00 bits per heavy atom. The van der Waals surface area contributed by atoms with Crippen LogP contribution in [0.1, 0.15) is 5.82 Å². The summed E-state index contributed by atoms with van der Waals surface area (Å²) < 4.78 is 1.91. The lowest BCUT2D eigenvalue weighted by Gasteiger charge is -2.02. The maximum absolute atomic E-state index is 6.01. The largest absolute Gasteiger partial charge is 0.275 e. The summed E-state index contributed by atoms with van der Waals surface area (Å²) in [6.07, 6.45) is 0. The average molecular weight is 219 g/mol. The van der Waals surface area contributed by atoms with Gasteiger partial charge in [0.2, 0.25) is 0 Å². The highest BCUT2D eigenvalue weighted by Gasteiger charge is 2.10. The summed E-state index contributed by atoms with van der Waals surface area (Å²) in [5.74, 6) is 0.811. The number of benzene rings is 1. The summed E-state index contributed by atoms with van der Waals surface area (Å²) in [5, 5.41) is 8.37. The third-order valence-corrected chi connectivity index (χ3v) is 2.60. The number of aryl methyl sites for hydroxylation is 1. The molecule has 4 nitrogen and oxygen atoms in total. The molecule has 0 atom stereocenters. The number of nitrogens with zero attached hydrogens (tertiary/aromatic N) is 4. The molecule has 0 aliphatic rings. The standard InChI is InChI=1S/C10H7ClN4/c1-6-13-14-10-9(11)12-7-4-2-3-5-8(7)15(6)10/h2-5H,1H3. The minimum Gasteiger partial charge on any atom is -0.275 e. The van der Waals surface area contributed by atoms with Crippen LogP contribution >= 0.6 is 11.6 Å². The molecule has 0 aliphatic heterocycles. The fourth-order valence-electron chi connectivity index (χ4n) is 1.69. The van der Waals surface area contributed by atoms with Crippen molar-refractivity contribution in [1.82, 2.24) is 19.6 Å². The predicted octanol–water partition coefficient (Wildman–Crippen LogP) is 2.24. The van der Waals surface area contributed by atoms with Crippen LogP contribution in [0.5, 0.6) is 0 Å². The Hall–Kier alpha value is -1.68. The summed E-state index contributed by atoms with van der Waals surface area (Å²) in [6.45, 7) is 1.89. The molecule has 5 heteroatoms. The van der Waals surface area contributed by atoms with Gasteiger partial charge in [0.15, 0.2) is 10.8 Å². The third-order valence-electron chi connectivity index (χ3n) is 2.35. The third kappa shape index (κ3) is 1.11. The quantitative estimate of drug-likeness (QED) is 0.581. The lowest BCUT2D eigenvalue weighted by Crippen LogP contribution is -1.94. The van der Waals surface area contributed by atoms with Gasteiger partial charge >= 0.3 is 0 Å². The molecule has 0 aliphatic carbocycles. The fraction of sp³-hybridized carbons (Fsp3) is 0.100. The first-order valence-electron chi connectivity index (χ1n) is 4.53. The van der Waals surface area contributed by atoms with Crippen molar-refractivity contribution in [2.24, 2.45) is 0 Å². The molecule has 0 spiro atoms. The molecule has 0 amide bonds. The van der Waals surface area contributed by atoms with Gasteiger partial charge in [-0.3, -0.25) is 4.40 Å². The molecule has 2 heterocycles. The van der Waals surface area contributed by atoms with E-state index in [-0.39, 0.29) is 0 Å². The Morgan fingerprint density at radius 1 is 1.20 bits per heavy atom. The number of fused-ring (bicyclic) bond motifs is 3. The van der Waals surface area contributed by atoms with E-state index in [1.807, 2.05) is 35.6 Å². The van der Waals surface area contributed by atoms with Crippen molar-refractivity contribution in [3.63, 3.8) is 0 Å². The van der Waals surface area contributed by atoms with E-state index in [0.717, 1.165) is 16.9 Å². The Labute approximate surface area is 90.5 Å². The number of hydrogen-bond acceptors (Lipinski definition) is 3. The van der Waals surface area contributed by atoms with Crippen LogP contribution in [-0.2, 0) is 0 Å². The van der Waals surface area contributed by atoms with E-state index in [9.17, 15) is 0 Å². The molecule has 0 saturated heterocycles. The van der Waals surface area contributed by atoms with E-state index >= 15 is 0 Å². The summed E-state index contributed by atoms with van der Waals surface area (Å²) >= 11 is 6.01. The molecule has 0 N–H and O–H groups in total. The fourth-order valence-corrected chi connectivity index (χ4v) is 1.90. The molecule has 2 aromatic heterocycles. The SMILES string of the molecule is Cc1nnc2c(Cl)nc3ccccc3n12. The zero-order valence-corrected chi connectivity index (χ0v) is 8.73. The van der Waals surface area contributed by atoms with Gasteiger partial charge in [0.1, 0.15) is 5.82 Å². The molecular weight excluding hydrogens is 212 g/mol. The summed E-state index contributed by atoms with van der Waals surface area (Å²) in [4.78, 5) is 4.26. The van der Waals surface area contributed by atoms with E-state index in [1.165, 1.54) is 0 Å². The van der Waals surface area contributed by atoms with Gasteiger partial charge in [-0.05, 0) is 19.1 Å². The lowest BCUT2D eigenvalue weighted by atomic mass is 10.3. The van der Waals surface area contributed by atoms with Crippen molar-refractivity contribution in [3.05, 3.63) is 35.2 Å². The van der Waals surface area contributed by atoms with Gasteiger partial charge in [0, 0.05) is 0 Å². The summed E-state index contributed by atoms with van der Waals surface area (Å²) in [6, 6.07) is 7.77. The first kappa shape index (κ1) is 8.61. The second-order valence-electron chi connectivity index (χ2n) is 3.30. The Balaban J connectivity index is 2.67. The molecule has 0 saturated carbocycles. The Morgan fingerprint density at radius 3 is 2.87 bits per heavy atom. The Kier molecular flexibility index (Phi) is 1.67. The maximum Gasteiger partial charge on any atom is 0.199 e. The van der Waals surface area contributed by atoms with E-state index in [2.05, 4.69) is 15.2 Å². The van der Waals surface area contributed by atoms with Gasteiger partial charge in [-0.25, -0.2) is 4.98 Å². The van der Waals surface area contributed by atoms with Crippen LogP contribution < -0.4 is 0 Å². The number of rotatable bonds is 0. The van der Waals surface area contributed by atoms with Crippen molar-refractivity contribution in [2.75, 3.05) is 0 Å². The van der Waals surface area contributed by atoms with E-state index in [4.69, 9.17) is 11.6 Å². The summed E-state index contributed by atoms with van der Waals surface area (Å²) in [7, 11) is 0. The van der Waals surface area contributed by atoms with Gasteiger partial charge in [0.05, 0.1) is 11.0 Å². The van der Waals surface area contributed by atoms with Crippen LogP contribution in [0.3, 0.4) is 0 Å². The molecule has 0 fully saturated rings. The summed E-state index contributed by atoms with van der Waals surface area (Å²) in [5.41, 5.74) is 2.42. The number of halogens is 1. The zero-order chi connectivity index (χ0) is 10.4. The van der Waals surface area contributed by atoms with Gasteiger partial charge in [-0.1, -0.05) is 23.7 Å². The molecule has 1 aromatic carbocycles. The van der Waals surface area contributed by atoms with Crippen molar-refractivity contribution < 1.29 is 0 Å². The molecule has 3 rings (SSSR count). The zero-order valence-electron chi connectivity index (χ0n) is 7.98. The Bertz CT molecular complexity index is 659. The molecule has 0 bridgehead atoms. The van der Waals surface area contributed by atoms with Gasteiger partial charge in [0.25, 0.3) is 0 Å². The van der Waals surface area contributed by atoms with Gasteiger partial charge in [-0.2, -0.15) is 0 Å². The minimum atomic E-state index is 0.384. The topological polar surface area (TPSA) is 43.1 Å². The average Bonchev–Trinajstić information content (AvgIpc) is 2.62. The molecular formula is C10H7ClN4. The maximum atomic E-state index is 6.01. The van der Waals surface area contributed by atoms with Crippen LogP contribution in [0.4, 0.5) is 0 Å². The van der Waals surface area contributed by atoms with Crippen molar-refractivity contribution in [1.29, 1.82) is 0 Å². The van der Waals surface area contributed by atoms with Crippen LogP contribution in [0.2, 0.25) is 5.15 Å². The second-order valence-corrected chi connectivity index (χ2v) is 3.66. The number of para-hydroxylation sites is 2. The first-order chi connectivity index (χ1) is 7.27. The van der Waals surface area contributed by atoms with Crippen molar-refractivity contribution in [2.45, 2.75) is 6.92 Å². The smallest absolute Gasteiger partial charge is 0.199 e. The van der Waals surface area contributed by atoms with Crippen LogP contribution in [-0.4, -0.2) is 19.6 Å². The van der Waals surface area contributed by atoms with Crippen molar-refractivity contribution in [3.8, 4) is 0 Å².